The number of aliphatic hydroxyl groups is 1. The molecule has 1 aliphatic rings. The third kappa shape index (κ3) is 3.32. The molecule has 4 nitrogen and oxygen atoms in total. The van der Waals surface area contributed by atoms with Gasteiger partial charge in [-0.1, -0.05) is 0 Å². The summed E-state index contributed by atoms with van der Waals surface area (Å²) in [5, 5.41) is 11.7. The predicted octanol–water partition coefficient (Wildman–Crippen LogP) is -0.563. The lowest BCUT2D eigenvalue weighted by Crippen LogP contribution is -2.36. The van der Waals surface area contributed by atoms with Gasteiger partial charge in [-0.15, -0.1) is 0 Å². The standard InChI is InChI=1S/C9H18N2O2/c1-2-10-9(13)6-11-4-3-8(5-11)7-12/h8,12H,2-7H2,1H3,(H,10,13). The molecule has 2 N–H and O–H groups in total. The van der Waals surface area contributed by atoms with E-state index >= 15 is 0 Å². The number of hydrogen-bond donors (Lipinski definition) is 2. The number of likely N-dealkylation sites (tertiary alicyclic amines) is 1. The van der Waals surface area contributed by atoms with Crippen molar-refractivity contribution >= 4 is 5.91 Å². The van der Waals surface area contributed by atoms with Crippen molar-refractivity contribution in [2.75, 3.05) is 32.8 Å². The first kappa shape index (κ1) is 10.5. The molecule has 76 valence electrons. The lowest BCUT2D eigenvalue weighted by atomic mass is 10.1. The summed E-state index contributed by atoms with van der Waals surface area (Å²) in [4.78, 5) is 13.3. The highest BCUT2D eigenvalue weighted by Gasteiger charge is 2.22. The maximum absolute atomic E-state index is 11.2. The normalized spacial score (nSPS) is 23.4. The molecule has 1 saturated heterocycles. The topological polar surface area (TPSA) is 52.6 Å². The van der Waals surface area contributed by atoms with Crippen molar-refractivity contribution in [3.63, 3.8) is 0 Å². The Kier molecular flexibility index (Phi) is 4.18. The fourth-order valence-electron chi connectivity index (χ4n) is 1.66. The van der Waals surface area contributed by atoms with Crippen LogP contribution in [-0.2, 0) is 4.79 Å². The van der Waals surface area contributed by atoms with Crippen LogP contribution in [0.5, 0.6) is 0 Å². The second kappa shape index (κ2) is 5.19. The molecule has 0 aromatic heterocycles. The van der Waals surface area contributed by atoms with Gasteiger partial charge in [0, 0.05) is 19.7 Å². The van der Waals surface area contributed by atoms with Crippen molar-refractivity contribution in [1.29, 1.82) is 0 Å². The second-order valence-corrected chi connectivity index (χ2v) is 3.53. The number of nitrogens with zero attached hydrogens (tertiary/aromatic N) is 1. The zero-order valence-corrected chi connectivity index (χ0v) is 8.12. The summed E-state index contributed by atoms with van der Waals surface area (Å²) in [5.74, 6) is 0.454. The van der Waals surface area contributed by atoms with Crippen LogP contribution in [0.25, 0.3) is 0 Å². The average Bonchev–Trinajstić information content (AvgIpc) is 2.52. The van der Waals surface area contributed by atoms with Gasteiger partial charge in [-0.05, 0) is 25.8 Å². The van der Waals surface area contributed by atoms with Gasteiger partial charge in [-0.3, -0.25) is 9.69 Å². The number of likely N-dealkylation sites (N-methyl/N-ethyl adjacent to an activating group) is 1. The van der Waals surface area contributed by atoms with E-state index in [-0.39, 0.29) is 12.5 Å². The number of rotatable bonds is 4. The Morgan fingerprint density at radius 2 is 2.46 bits per heavy atom. The molecule has 0 spiro atoms. The first-order valence-corrected chi connectivity index (χ1v) is 4.86. The second-order valence-electron chi connectivity index (χ2n) is 3.53. The lowest BCUT2D eigenvalue weighted by molar-refractivity contribution is -0.121. The van der Waals surface area contributed by atoms with Gasteiger partial charge in [-0.25, -0.2) is 0 Å². The summed E-state index contributed by atoms with van der Waals surface area (Å²) in [6.45, 7) is 5.11. The summed E-state index contributed by atoms with van der Waals surface area (Å²) in [5.41, 5.74) is 0. The first-order chi connectivity index (χ1) is 6.26. The Hall–Kier alpha value is -0.610. The van der Waals surface area contributed by atoms with E-state index in [0.717, 1.165) is 19.5 Å². The highest BCUT2D eigenvalue weighted by molar-refractivity contribution is 5.77. The van der Waals surface area contributed by atoms with Crippen LogP contribution in [0.15, 0.2) is 0 Å². The Morgan fingerprint density at radius 3 is 3.00 bits per heavy atom. The van der Waals surface area contributed by atoms with E-state index in [1.54, 1.807) is 0 Å². The van der Waals surface area contributed by atoms with Crippen LogP contribution in [0, 0.1) is 5.92 Å². The SMILES string of the molecule is CCNC(=O)CN1CCC(CO)C1. The van der Waals surface area contributed by atoms with E-state index < -0.39 is 0 Å². The molecule has 1 heterocycles. The summed E-state index contributed by atoms with van der Waals surface area (Å²) in [7, 11) is 0. The van der Waals surface area contributed by atoms with Crippen LogP contribution in [0.1, 0.15) is 13.3 Å². The fraction of sp³-hybridized carbons (Fsp3) is 0.889. The van der Waals surface area contributed by atoms with Gasteiger partial charge >= 0.3 is 0 Å². The molecule has 13 heavy (non-hydrogen) atoms. The van der Waals surface area contributed by atoms with Gasteiger partial charge in [0.1, 0.15) is 0 Å². The minimum Gasteiger partial charge on any atom is -0.396 e. The zero-order chi connectivity index (χ0) is 9.68. The summed E-state index contributed by atoms with van der Waals surface area (Å²) in [6, 6.07) is 0. The number of carbonyl (C=O) groups is 1. The zero-order valence-electron chi connectivity index (χ0n) is 8.12. The maximum atomic E-state index is 11.2. The van der Waals surface area contributed by atoms with E-state index in [0.29, 0.717) is 19.0 Å². The number of nitrogens with one attached hydrogen (secondary N) is 1. The number of carbonyl (C=O) groups excluding carboxylic acids is 1. The highest BCUT2D eigenvalue weighted by Crippen LogP contribution is 2.14. The molecule has 1 rings (SSSR count). The fourth-order valence-corrected chi connectivity index (χ4v) is 1.66. The minimum atomic E-state index is 0.0843. The summed E-state index contributed by atoms with van der Waals surface area (Å²) >= 11 is 0. The van der Waals surface area contributed by atoms with Gasteiger partial charge in [0.25, 0.3) is 0 Å². The summed E-state index contributed by atoms with van der Waals surface area (Å²) in [6.07, 6.45) is 1.01. The predicted molar refractivity (Wildman–Crippen MR) is 50.3 cm³/mol. The molecule has 0 radical (unpaired) electrons. The Balaban J connectivity index is 2.19. The van der Waals surface area contributed by atoms with Crippen LogP contribution >= 0.6 is 0 Å². The molecule has 1 amide bonds. The molecule has 1 aliphatic heterocycles. The number of aliphatic hydroxyl groups excluding tert-OH is 1. The maximum Gasteiger partial charge on any atom is 0.234 e. The van der Waals surface area contributed by atoms with E-state index in [1.165, 1.54) is 0 Å². The van der Waals surface area contributed by atoms with Crippen molar-refractivity contribution in [3.8, 4) is 0 Å². The number of hydrogen-bond acceptors (Lipinski definition) is 3. The highest BCUT2D eigenvalue weighted by atomic mass is 16.3. The van der Waals surface area contributed by atoms with Crippen LogP contribution in [-0.4, -0.2) is 48.7 Å². The van der Waals surface area contributed by atoms with Gasteiger partial charge in [0.15, 0.2) is 0 Å². The molecular weight excluding hydrogens is 168 g/mol. The third-order valence-electron chi connectivity index (χ3n) is 2.37. The monoisotopic (exact) mass is 186 g/mol. The van der Waals surface area contributed by atoms with E-state index in [1.807, 2.05) is 6.92 Å². The van der Waals surface area contributed by atoms with Gasteiger partial charge in [0.05, 0.1) is 6.54 Å². The van der Waals surface area contributed by atoms with Crippen LogP contribution in [0.3, 0.4) is 0 Å². The molecule has 0 aromatic carbocycles. The van der Waals surface area contributed by atoms with Gasteiger partial charge in [-0.2, -0.15) is 0 Å². The van der Waals surface area contributed by atoms with Crippen LogP contribution in [0.2, 0.25) is 0 Å². The van der Waals surface area contributed by atoms with E-state index in [4.69, 9.17) is 5.11 Å². The van der Waals surface area contributed by atoms with Gasteiger partial charge < -0.3 is 10.4 Å². The van der Waals surface area contributed by atoms with Crippen LogP contribution in [0.4, 0.5) is 0 Å². The Bertz CT molecular complexity index is 173. The molecule has 0 aliphatic carbocycles. The Morgan fingerprint density at radius 1 is 1.69 bits per heavy atom. The molecule has 1 fully saturated rings. The quantitative estimate of drug-likeness (QED) is 0.618. The Labute approximate surface area is 78.9 Å². The van der Waals surface area contributed by atoms with Gasteiger partial charge in [0.2, 0.25) is 5.91 Å². The van der Waals surface area contributed by atoms with Crippen molar-refractivity contribution in [1.82, 2.24) is 10.2 Å². The molecule has 1 atom stereocenters. The van der Waals surface area contributed by atoms with E-state index in [2.05, 4.69) is 10.2 Å². The third-order valence-corrected chi connectivity index (χ3v) is 2.37. The largest absolute Gasteiger partial charge is 0.396 e. The molecule has 0 bridgehead atoms. The molecule has 4 heteroatoms. The van der Waals surface area contributed by atoms with Crippen molar-refractivity contribution < 1.29 is 9.90 Å². The molecule has 1 unspecified atom stereocenters. The lowest BCUT2D eigenvalue weighted by Gasteiger charge is -2.14. The molecule has 0 aromatic rings. The molecular formula is C9H18N2O2. The van der Waals surface area contributed by atoms with Crippen molar-refractivity contribution in [2.45, 2.75) is 13.3 Å². The smallest absolute Gasteiger partial charge is 0.234 e. The average molecular weight is 186 g/mol. The minimum absolute atomic E-state index is 0.0843. The van der Waals surface area contributed by atoms with Crippen molar-refractivity contribution in [2.24, 2.45) is 5.92 Å². The first-order valence-electron chi connectivity index (χ1n) is 4.86. The summed E-state index contributed by atoms with van der Waals surface area (Å²) < 4.78 is 0. The van der Waals surface area contributed by atoms with E-state index in [9.17, 15) is 4.79 Å². The number of amides is 1. The van der Waals surface area contributed by atoms with Crippen LogP contribution < -0.4 is 5.32 Å². The van der Waals surface area contributed by atoms with Crippen molar-refractivity contribution in [3.05, 3.63) is 0 Å². The molecule has 0 saturated carbocycles.